The molecule has 16 heavy (non-hydrogen) atoms. The molecule has 2 aliphatic heterocycles. The number of carbonyl (C=O) groups excluding carboxylic acids is 1. The van der Waals surface area contributed by atoms with Crippen LogP contribution in [0.3, 0.4) is 0 Å². The summed E-state index contributed by atoms with van der Waals surface area (Å²) in [6, 6.07) is 6.61. The van der Waals surface area contributed by atoms with E-state index in [2.05, 4.69) is 5.32 Å². The molecule has 2 heterocycles. The fraction of sp³-hybridized carbons (Fsp3) is 0.300. The molecule has 0 saturated carbocycles. The van der Waals surface area contributed by atoms with Crippen molar-refractivity contribution >= 4 is 15.9 Å². The number of sulfonamides is 1. The minimum Gasteiger partial charge on any atom is -0.347 e. The molecule has 6 heteroatoms. The molecule has 1 N–H and O–H groups in total. The quantitative estimate of drug-likeness (QED) is 0.684. The van der Waals surface area contributed by atoms with E-state index in [0.717, 1.165) is 0 Å². The number of carbonyl (C=O) groups is 1. The Morgan fingerprint density at radius 1 is 1.31 bits per heavy atom. The van der Waals surface area contributed by atoms with E-state index < -0.39 is 10.0 Å². The largest absolute Gasteiger partial charge is 0.347 e. The molecule has 2 atom stereocenters. The molecule has 0 radical (unpaired) electrons. The standard InChI is InChI=1S/C10H10N2O3S/c13-10-6-12-5-8(11-10)7-3-1-2-4-9(7)16(12,14)15/h1-4,8H,5-6H2,(H,11,13). The summed E-state index contributed by atoms with van der Waals surface area (Å²) in [6.45, 7) is 0.262. The smallest absolute Gasteiger partial charge is 0.243 e. The second-order valence-corrected chi connectivity index (χ2v) is 5.86. The lowest BCUT2D eigenvalue weighted by Gasteiger charge is -2.37. The lowest BCUT2D eigenvalue weighted by Crippen LogP contribution is -2.54. The summed E-state index contributed by atoms with van der Waals surface area (Å²) < 4.78 is 25.4. The van der Waals surface area contributed by atoms with Crippen molar-refractivity contribution in [1.82, 2.24) is 9.62 Å². The Balaban J connectivity index is 2.26. The highest BCUT2D eigenvalue weighted by Crippen LogP contribution is 2.33. The van der Waals surface area contributed by atoms with Gasteiger partial charge in [-0.1, -0.05) is 18.2 Å². The average Bonchev–Trinajstić information content (AvgIpc) is 2.27. The lowest BCUT2D eigenvalue weighted by atomic mass is 10.1. The minimum absolute atomic E-state index is 0.0762. The number of nitrogens with one attached hydrogen (secondary N) is 1. The third kappa shape index (κ3) is 1.20. The van der Waals surface area contributed by atoms with Crippen LogP contribution in [-0.4, -0.2) is 31.7 Å². The van der Waals surface area contributed by atoms with E-state index in [1.807, 2.05) is 0 Å². The van der Waals surface area contributed by atoms with Gasteiger partial charge in [0.25, 0.3) is 0 Å². The molecule has 2 unspecified atom stereocenters. The van der Waals surface area contributed by atoms with Crippen molar-refractivity contribution in [3.05, 3.63) is 29.8 Å². The van der Waals surface area contributed by atoms with Crippen LogP contribution in [0.1, 0.15) is 11.6 Å². The van der Waals surface area contributed by atoms with Crippen LogP contribution in [0, 0.1) is 0 Å². The Morgan fingerprint density at radius 2 is 2.06 bits per heavy atom. The van der Waals surface area contributed by atoms with Crippen molar-refractivity contribution in [3.8, 4) is 0 Å². The van der Waals surface area contributed by atoms with E-state index in [-0.39, 0.29) is 18.5 Å². The molecule has 0 aliphatic carbocycles. The Kier molecular flexibility index (Phi) is 1.87. The number of hydrogen-bond donors (Lipinski definition) is 1. The minimum atomic E-state index is -3.48. The predicted molar refractivity (Wildman–Crippen MR) is 56.1 cm³/mol. The lowest BCUT2D eigenvalue weighted by molar-refractivity contribution is -0.124. The number of piperazine rings is 1. The molecule has 1 amide bonds. The van der Waals surface area contributed by atoms with Crippen molar-refractivity contribution < 1.29 is 13.2 Å². The fourth-order valence-corrected chi connectivity index (χ4v) is 3.88. The maximum absolute atomic E-state index is 12.1. The van der Waals surface area contributed by atoms with Gasteiger partial charge in [0.2, 0.25) is 15.9 Å². The van der Waals surface area contributed by atoms with Gasteiger partial charge >= 0.3 is 0 Å². The first-order valence-corrected chi connectivity index (χ1v) is 6.41. The molecule has 1 saturated heterocycles. The van der Waals surface area contributed by atoms with Crippen LogP contribution in [0.5, 0.6) is 0 Å². The SMILES string of the molecule is O=C1CN2CC(N1)c1ccccc1S2(=O)=O. The summed E-state index contributed by atoms with van der Waals surface area (Å²) in [5.41, 5.74) is 0.687. The van der Waals surface area contributed by atoms with Crippen LogP contribution >= 0.6 is 0 Å². The summed E-state index contributed by atoms with van der Waals surface area (Å²) >= 11 is 0. The summed E-state index contributed by atoms with van der Waals surface area (Å²) in [4.78, 5) is 11.7. The van der Waals surface area contributed by atoms with E-state index in [9.17, 15) is 13.2 Å². The first kappa shape index (κ1) is 9.80. The third-order valence-corrected chi connectivity index (χ3v) is 4.84. The van der Waals surface area contributed by atoms with Gasteiger partial charge in [-0.15, -0.1) is 0 Å². The zero-order valence-corrected chi connectivity index (χ0v) is 9.20. The normalized spacial score (nSPS) is 30.4. The van der Waals surface area contributed by atoms with Gasteiger partial charge in [0.15, 0.2) is 0 Å². The summed E-state index contributed by atoms with van der Waals surface area (Å²) in [6.07, 6.45) is 0. The molecule has 5 nitrogen and oxygen atoms in total. The molecule has 3 rings (SSSR count). The van der Waals surface area contributed by atoms with E-state index in [1.165, 1.54) is 4.31 Å². The van der Waals surface area contributed by atoms with Crippen molar-refractivity contribution in [2.45, 2.75) is 10.9 Å². The van der Waals surface area contributed by atoms with Gasteiger partial charge in [-0.05, 0) is 11.6 Å². The summed E-state index contributed by atoms with van der Waals surface area (Å²) in [7, 11) is -3.48. The number of fused-ring (bicyclic) bond motifs is 4. The van der Waals surface area contributed by atoms with Gasteiger partial charge < -0.3 is 5.32 Å². The highest BCUT2D eigenvalue weighted by molar-refractivity contribution is 7.89. The molecule has 1 fully saturated rings. The highest BCUT2D eigenvalue weighted by atomic mass is 32.2. The van der Waals surface area contributed by atoms with Gasteiger partial charge in [0.05, 0.1) is 17.5 Å². The number of benzene rings is 1. The Labute approximate surface area is 93.1 Å². The number of rotatable bonds is 0. The average molecular weight is 238 g/mol. The predicted octanol–water partition coefficient (Wildman–Crippen LogP) is -0.138. The summed E-state index contributed by atoms with van der Waals surface area (Å²) in [5, 5.41) is 2.80. The van der Waals surface area contributed by atoms with Crippen LogP contribution in [0.15, 0.2) is 29.2 Å². The van der Waals surface area contributed by atoms with E-state index in [1.54, 1.807) is 24.3 Å². The van der Waals surface area contributed by atoms with Crippen LogP contribution in [0.2, 0.25) is 0 Å². The number of nitrogens with zero attached hydrogens (tertiary/aromatic N) is 1. The molecule has 0 spiro atoms. The maximum Gasteiger partial charge on any atom is 0.243 e. The topological polar surface area (TPSA) is 66.5 Å². The third-order valence-electron chi connectivity index (χ3n) is 2.95. The van der Waals surface area contributed by atoms with Crippen molar-refractivity contribution in [1.29, 1.82) is 0 Å². The number of hydrogen-bond acceptors (Lipinski definition) is 3. The molecule has 2 aliphatic rings. The first-order chi connectivity index (χ1) is 7.59. The van der Waals surface area contributed by atoms with Gasteiger partial charge in [-0.2, -0.15) is 4.31 Å². The molecule has 1 aromatic carbocycles. The van der Waals surface area contributed by atoms with Crippen LogP contribution in [0.25, 0.3) is 0 Å². The van der Waals surface area contributed by atoms with Crippen LogP contribution in [-0.2, 0) is 14.8 Å². The highest BCUT2D eigenvalue weighted by Gasteiger charge is 2.41. The van der Waals surface area contributed by atoms with Crippen LogP contribution in [0.4, 0.5) is 0 Å². The zero-order chi connectivity index (χ0) is 11.3. The van der Waals surface area contributed by atoms with Crippen molar-refractivity contribution in [2.75, 3.05) is 13.1 Å². The molecule has 2 bridgehead atoms. The zero-order valence-electron chi connectivity index (χ0n) is 8.38. The second-order valence-electron chi connectivity index (χ2n) is 3.96. The van der Waals surface area contributed by atoms with Crippen LogP contribution < -0.4 is 5.32 Å². The Bertz CT molecular complexity index is 567. The molecule has 0 aromatic heterocycles. The van der Waals surface area contributed by atoms with E-state index in [0.29, 0.717) is 17.0 Å². The monoisotopic (exact) mass is 238 g/mol. The summed E-state index contributed by atoms with van der Waals surface area (Å²) in [5.74, 6) is -0.241. The maximum atomic E-state index is 12.1. The molecular weight excluding hydrogens is 228 g/mol. The Hall–Kier alpha value is -1.40. The van der Waals surface area contributed by atoms with Gasteiger partial charge in [-0.25, -0.2) is 8.42 Å². The van der Waals surface area contributed by atoms with E-state index in [4.69, 9.17) is 0 Å². The fourth-order valence-electron chi connectivity index (χ4n) is 2.22. The second kappa shape index (κ2) is 3.05. The van der Waals surface area contributed by atoms with Crippen molar-refractivity contribution in [2.24, 2.45) is 0 Å². The van der Waals surface area contributed by atoms with Crippen molar-refractivity contribution in [3.63, 3.8) is 0 Å². The van der Waals surface area contributed by atoms with Gasteiger partial charge in [0, 0.05) is 6.54 Å². The molecule has 1 aromatic rings. The van der Waals surface area contributed by atoms with Gasteiger partial charge in [0.1, 0.15) is 0 Å². The number of amides is 1. The van der Waals surface area contributed by atoms with Gasteiger partial charge in [-0.3, -0.25) is 4.79 Å². The molecule has 84 valence electrons. The van der Waals surface area contributed by atoms with E-state index >= 15 is 0 Å². The Morgan fingerprint density at radius 3 is 2.88 bits per heavy atom. The molecular formula is C10H10N2O3S. The first-order valence-electron chi connectivity index (χ1n) is 4.97.